The molecule has 0 saturated carbocycles. The minimum Gasteiger partial charge on any atom is -0.368 e. The zero-order valence-corrected chi connectivity index (χ0v) is 7.84. The molecule has 0 aromatic carbocycles. The molecule has 72 valence electrons. The van der Waals surface area contributed by atoms with E-state index in [1.165, 1.54) is 11.1 Å². The molecule has 0 aliphatic carbocycles. The van der Waals surface area contributed by atoms with Crippen LogP contribution in [-0.2, 0) is 4.79 Å². The smallest absolute Gasteiger partial charge is 0.234 e. The summed E-state index contributed by atoms with van der Waals surface area (Å²) in [6.45, 7) is 5.66. The van der Waals surface area contributed by atoms with Crippen LogP contribution in [0.5, 0.6) is 0 Å². The Labute approximate surface area is 77.8 Å². The molecule has 1 atom stereocenters. The first-order valence-corrected chi connectivity index (χ1v) is 4.62. The zero-order valence-electron chi connectivity index (χ0n) is 7.84. The minimum atomic E-state index is -0.228. The summed E-state index contributed by atoms with van der Waals surface area (Å²) in [5.74, 6) is -0.228. The number of primary amides is 1. The van der Waals surface area contributed by atoms with Crippen LogP contribution in [0, 0.1) is 0 Å². The number of carbonyl (C=O) groups is 1. The molecular weight excluding hydrogens is 166 g/mol. The van der Waals surface area contributed by atoms with Crippen molar-refractivity contribution in [1.29, 1.82) is 0 Å². The van der Waals surface area contributed by atoms with Crippen molar-refractivity contribution in [2.24, 2.45) is 5.73 Å². The molecule has 2 aliphatic rings. The molecule has 0 radical (unpaired) electrons. The number of nitrogens with two attached hydrogens (primary N) is 1. The van der Waals surface area contributed by atoms with Crippen LogP contribution in [0.1, 0.15) is 6.92 Å². The standard InChI is InChI=1S/C9H15N3O/c1-6(9(10)13)12-4-7-2-11-3-8(7)5-12/h6,11H,2-5H2,1H3,(H2,10,13). The van der Waals surface area contributed by atoms with E-state index in [2.05, 4.69) is 10.2 Å². The van der Waals surface area contributed by atoms with Gasteiger partial charge in [0.1, 0.15) is 0 Å². The Balaban J connectivity index is 1.98. The highest BCUT2D eigenvalue weighted by Gasteiger charge is 2.29. The van der Waals surface area contributed by atoms with Gasteiger partial charge in [0.05, 0.1) is 6.04 Å². The van der Waals surface area contributed by atoms with Gasteiger partial charge in [-0.05, 0) is 18.1 Å². The van der Waals surface area contributed by atoms with Gasteiger partial charge >= 0.3 is 0 Å². The Morgan fingerprint density at radius 1 is 1.46 bits per heavy atom. The second-order valence-electron chi connectivity index (χ2n) is 3.79. The predicted octanol–water partition coefficient (Wildman–Crippen LogP) is -0.924. The van der Waals surface area contributed by atoms with Crippen molar-refractivity contribution in [2.45, 2.75) is 13.0 Å². The molecule has 4 nitrogen and oxygen atoms in total. The van der Waals surface area contributed by atoms with Crippen molar-refractivity contribution >= 4 is 5.91 Å². The summed E-state index contributed by atoms with van der Waals surface area (Å²) in [5, 5.41) is 3.30. The number of carbonyl (C=O) groups excluding carboxylic acids is 1. The maximum absolute atomic E-state index is 11.0. The molecule has 4 heteroatoms. The van der Waals surface area contributed by atoms with Crippen LogP contribution in [0.2, 0.25) is 0 Å². The van der Waals surface area contributed by atoms with Crippen LogP contribution < -0.4 is 11.1 Å². The number of rotatable bonds is 2. The fraction of sp³-hybridized carbons (Fsp3) is 0.667. The largest absolute Gasteiger partial charge is 0.368 e. The van der Waals surface area contributed by atoms with Crippen LogP contribution >= 0.6 is 0 Å². The monoisotopic (exact) mass is 181 g/mol. The van der Waals surface area contributed by atoms with Crippen LogP contribution in [-0.4, -0.2) is 43.0 Å². The first-order chi connectivity index (χ1) is 6.18. The molecule has 1 amide bonds. The van der Waals surface area contributed by atoms with Gasteiger partial charge in [-0.3, -0.25) is 9.69 Å². The lowest BCUT2D eigenvalue weighted by molar-refractivity contribution is -0.122. The molecule has 2 heterocycles. The average Bonchev–Trinajstić information content (AvgIpc) is 2.59. The Bertz CT molecular complexity index is 256. The topological polar surface area (TPSA) is 58.4 Å². The van der Waals surface area contributed by atoms with E-state index in [1.54, 1.807) is 0 Å². The maximum atomic E-state index is 11.0. The third kappa shape index (κ3) is 1.47. The Kier molecular flexibility index (Phi) is 2.09. The van der Waals surface area contributed by atoms with Gasteiger partial charge in [-0.15, -0.1) is 0 Å². The van der Waals surface area contributed by atoms with E-state index in [1.807, 2.05) is 6.92 Å². The molecule has 2 aliphatic heterocycles. The summed E-state index contributed by atoms with van der Waals surface area (Å²) in [6, 6.07) is -0.134. The summed E-state index contributed by atoms with van der Waals surface area (Å²) in [6.07, 6.45) is 0. The third-order valence-corrected chi connectivity index (χ3v) is 2.92. The molecule has 0 saturated heterocycles. The zero-order chi connectivity index (χ0) is 9.42. The summed E-state index contributed by atoms with van der Waals surface area (Å²) in [7, 11) is 0. The van der Waals surface area contributed by atoms with E-state index in [4.69, 9.17) is 5.73 Å². The first-order valence-electron chi connectivity index (χ1n) is 4.62. The van der Waals surface area contributed by atoms with Gasteiger partial charge in [0, 0.05) is 26.2 Å². The lowest BCUT2D eigenvalue weighted by atomic mass is 10.2. The Hall–Kier alpha value is -0.870. The van der Waals surface area contributed by atoms with E-state index in [-0.39, 0.29) is 11.9 Å². The second kappa shape index (κ2) is 3.12. The van der Waals surface area contributed by atoms with Crippen molar-refractivity contribution < 1.29 is 4.79 Å². The fourth-order valence-corrected chi connectivity index (χ4v) is 1.95. The molecule has 0 fully saturated rings. The van der Waals surface area contributed by atoms with Crippen molar-refractivity contribution in [3.05, 3.63) is 11.1 Å². The maximum Gasteiger partial charge on any atom is 0.234 e. The Morgan fingerprint density at radius 2 is 2.00 bits per heavy atom. The lowest BCUT2D eigenvalue weighted by Crippen LogP contribution is -2.42. The third-order valence-electron chi connectivity index (χ3n) is 2.92. The normalized spacial score (nSPS) is 25.0. The summed E-state index contributed by atoms with van der Waals surface area (Å²) in [5.41, 5.74) is 8.16. The van der Waals surface area contributed by atoms with Gasteiger partial charge in [-0.1, -0.05) is 0 Å². The molecule has 0 spiro atoms. The van der Waals surface area contributed by atoms with Crippen molar-refractivity contribution in [3.63, 3.8) is 0 Å². The van der Waals surface area contributed by atoms with Gasteiger partial charge in [-0.25, -0.2) is 0 Å². The number of nitrogens with one attached hydrogen (secondary N) is 1. The molecule has 0 aromatic rings. The second-order valence-corrected chi connectivity index (χ2v) is 3.79. The fourth-order valence-electron chi connectivity index (χ4n) is 1.95. The molecule has 0 aromatic heterocycles. The quantitative estimate of drug-likeness (QED) is 0.541. The molecule has 1 unspecified atom stereocenters. The van der Waals surface area contributed by atoms with Crippen molar-refractivity contribution in [2.75, 3.05) is 26.2 Å². The summed E-state index contributed by atoms with van der Waals surface area (Å²) in [4.78, 5) is 13.1. The van der Waals surface area contributed by atoms with E-state index >= 15 is 0 Å². The van der Waals surface area contributed by atoms with E-state index in [0.717, 1.165) is 26.2 Å². The molecule has 3 N–H and O–H groups in total. The molecule has 0 bridgehead atoms. The number of nitrogens with zero attached hydrogens (tertiary/aromatic N) is 1. The van der Waals surface area contributed by atoms with Gasteiger partial charge in [-0.2, -0.15) is 0 Å². The van der Waals surface area contributed by atoms with Gasteiger partial charge in [0.25, 0.3) is 0 Å². The molecule has 13 heavy (non-hydrogen) atoms. The highest BCUT2D eigenvalue weighted by Crippen LogP contribution is 2.21. The SMILES string of the molecule is CC(C(N)=O)N1CC2=C(CNC2)C1. The summed E-state index contributed by atoms with van der Waals surface area (Å²) >= 11 is 0. The van der Waals surface area contributed by atoms with Crippen LogP contribution in [0.4, 0.5) is 0 Å². The van der Waals surface area contributed by atoms with Crippen molar-refractivity contribution in [1.82, 2.24) is 10.2 Å². The highest BCUT2D eigenvalue weighted by molar-refractivity contribution is 5.79. The number of hydrogen-bond donors (Lipinski definition) is 2. The van der Waals surface area contributed by atoms with E-state index in [9.17, 15) is 4.79 Å². The van der Waals surface area contributed by atoms with Crippen molar-refractivity contribution in [3.8, 4) is 0 Å². The van der Waals surface area contributed by atoms with Crippen LogP contribution in [0.15, 0.2) is 11.1 Å². The molecular formula is C9H15N3O. The predicted molar refractivity (Wildman–Crippen MR) is 50.1 cm³/mol. The van der Waals surface area contributed by atoms with Crippen LogP contribution in [0.3, 0.4) is 0 Å². The van der Waals surface area contributed by atoms with Gasteiger partial charge in [0.2, 0.25) is 5.91 Å². The first kappa shape index (κ1) is 8.72. The van der Waals surface area contributed by atoms with Gasteiger partial charge in [0.15, 0.2) is 0 Å². The highest BCUT2D eigenvalue weighted by atomic mass is 16.1. The number of hydrogen-bond acceptors (Lipinski definition) is 3. The number of amides is 1. The lowest BCUT2D eigenvalue weighted by Gasteiger charge is -2.22. The van der Waals surface area contributed by atoms with E-state index in [0.29, 0.717) is 0 Å². The van der Waals surface area contributed by atoms with Crippen LogP contribution in [0.25, 0.3) is 0 Å². The van der Waals surface area contributed by atoms with Gasteiger partial charge < -0.3 is 11.1 Å². The van der Waals surface area contributed by atoms with E-state index < -0.39 is 0 Å². The average molecular weight is 181 g/mol. The summed E-state index contributed by atoms with van der Waals surface area (Å²) < 4.78 is 0. The minimum absolute atomic E-state index is 0.134. The Morgan fingerprint density at radius 3 is 2.46 bits per heavy atom. The molecule has 2 rings (SSSR count).